The molecule has 0 aliphatic heterocycles. The van der Waals surface area contributed by atoms with Crippen LogP contribution in [-0.4, -0.2) is 21.6 Å². The highest BCUT2D eigenvalue weighted by atomic mass is 16.6. The number of nitro groups is 1. The summed E-state index contributed by atoms with van der Waals surface area (Å²) >= 11 is 0. The first-order chi connectivity index (χ1) is 7.07. The number of nitrogens with two attached hydrogens (primary N) is 1. The van der Waals surface area contributed by atoms with E-state index in [1.54, 1.807) is 0 Å². The molecule has 0 fully saturated rings. The van der Waals surface area contributed by atoms with Crippen LogP contribution in [0, 0.1) is 28.9 Å². The number of pyridine rings is 1. The predicted molar refractivity (Wildman–Crippen MR) is 54.0 cm³/mol. The third-order valence-corrected chi connectivity index (χ3v) is 1.82. The van der Waals surface area contributed by atoms with Gasteiger partial charge in [-0.25, -0.2) is 4.98 Å². The maximum Gasteiger partial charge on any atom is 0.315 e. The summed E-state index contributed by atoms with van der Waals surface area (Å²) in [7, 11) is 0. The van der Waals surface area contributed by atoms with Gasteiger partial charge in [-0.2, -0.15) is 0 Å². The molecule has 1 heterocycles. The average Bonchev–Trinajstić information content (AvgIpc) is 2.16. The monoisotopic (exact) mass is 207 g/mol. The van der Waals surface area contributed by atoms with Crippen molar-refractivity contribution in [2.24, 2.45) is 0 Å². The van der Waals surface area contributed by atoms with Crippen molar-refractivity contribution in [3.63, 3.8) is 0 Å². The lowest BCUT2D eigenvalue weighted by Crippen LogP contribution is -2.02. The van der Waals surface area contributed by atoms with E-state index in [1.165, 1.54) is 13.1 Å². The van der Waals surface area contributed by atoms with Crippen LogP contribution in [0.25, 0.3) is 0 Å². The minimum absolute atomic E-state index is 0.132. The van der Waals surface area contributed by atoms with E-state index in [-0.39, 0.29) is 18.1 Å². The number of aromatic nitrogens is 1. The first-order valence-electron chi connectivity index (χ1n) is 4.07. The van der Waals surface area contributed by atoms with Crippen molar-refractivity contribution in [2.45, 2.75) is 6.92 Å². The number of anilines is 1. The van der Waals surface area contributed by atoms with Crippen molar-refractivity contribution in [2.75, 3.05) is 12.3 Å². The summed E-state index contributed by atoms with van der Waals surface area (Å²) < 4.78 is 0. The molecule has 1 aromatic heterocycles. The molecule has 0 amide bonds. The summed E-state index contributed by atoms with van der Waals surface area (Å²) in [6.07, 6.45) is 1.35. The molecule has 3 N–H and O–H groups in total. The number of nitrogens with zero attached hydrogens (tertiary/aromatic N) is 2. The van der Waals surface area contributed by atoms with Gasteiger partial charge in [0.05, 0.1) is 10.5 Å². The normalized spacial score (nSPS) is 9.20. The molecule has 1 aromatic rings. The Morgan fingerprint density at radius 3 is 2.93 bits per heavy atom. The largest absolute Gasteiger partial charge is 0.384 e. The molecule has 0 atom stereocenters. The standard InChI is InChI=1S/C9H9N3O3/c1-6-7(3-2-4-13)5-11-9(10)8(6)12(14)15/h5,13H,4H2,1H3,(H2,10,11). The third-order valence-electron chi connectivity index (χ3n) is 1.82. The number of nitrogen functional groups attached to an aromatic ring is 1. The molecule has 6 nitrogen and oxygen atoms in total. The summed E-state index contributed by atoms with van der Waals surface area (Å²) in [5, 5.41) is 19.2. The summed E-state index contributed by atoms with van der Waals surface area (Å²) in [5.41, 5.74) is 5.88. The van der Waals surface area contributed by atoms with Crippen LogP contribution in [0.5, 0.6) is 0 Å². The van der Waals surface area contributed by atoms with Crippen molar-refractivity contribution in [1.29, 1.82) is 0 Å². The van der Waals surface area contributed by atoms with Crippen molar-refractivity contribution in [3.05, 3.63) is 27.4 Å². The Morgan fingerprint density at radius 2 is 2.40 bits per heavy atom. The van der Waals surface area contributed by atoms with E-state index in [0.717, 1.165) is 0 Å². The SMILES string of the molecule is Cc1c(C#CCO)cnc(N)c1[N+](=O)[O-]. The van der Waals surface area contributed by atoms with Crippen molar-refractivity contribution in [1.82, 2.24) is 4.98 Å². The fraction of sp³-hybridized carbons (Fsp3) is 0.222. The second-order valence-electron chi connectivity index (χ2n) is 2.75. The Labute approximate surface area is 85.9 Å². The molecule has 0 spiro atoms. The molecule has 0 bridgehead atoms. The zero-order valence-electron chi connectivity index (χ0n) is 8.02. The Kier molecular flexibility index (Phi) is 3.21. The quantitative estimate of drug-likeness (QED) is 0.389. The lowest BCUT2D eigenvalue weighted by Gasteiger charge is -2.01. The van der Waals surface area contributed by atoms with E-state index in [2.05, 4.69) is 16.8 Å². The van der Waals surface area contributed by atoms with Crippen LogP contribution in [0.1, 0.15) is 11.1 Å². The Bertz CT molecular complexity index is 460. The third kappa shape index (κ3) is 2.21. The summed E-state index contributed by atoms with van der Waals surface area (Å²) in [6.45, 7) is 1.23. The summed E-state index contributed by atoms with van der Waals surface area (Å²) in [4.78, 5) is 13.7. The Morgan fingerprint density at radius 1 is 1.73 bits per heavy atom. The number of aliphatic hydroxyl groups excluding tert-OH is 1. The van der Waals surface area contributed by atoms with Gasteiger partial charge in [0, 0.05) is 11.8 Å². The van der Waals surface area contributed by atoms with Crippen molar-refractivity contribution in [3.8, 4) is 11.8 Å². The molecule has 1 rings (SSSR count). The van der Waals surface area contributed by atoms with Crippen molar-refractivity contribution >= 4 is 11.5 Å². The van der Waals surface area contributed by atoms with E-state index in [9.17, 15) is 10.1 Å². The van der Waals surface area contributed by atoms with Gasteiger partial charge in [-0.1, -0.05) is 11.8 Å². The number of hydrogen-bond donors (Lipinski definition) is 2. The molecule has 6 heteroatoms. The fourth-order valence-electron chi connectivity index (χ4n) is 1.10. The van der Waals surface area contributed by atoms with Gasteiger partial charge >= 0.3 is 5.69 Å². The molecule has 15 heavy (non-hydrogen) atoms. The van der Waals surface area contributed by atoms with Crippen LogP contribution in [0.15, 0.2) is 6.20 Å². The maximum absolute atomic E-state index is 10.7. The summed E-state index contributed by atoms with van der Waals surface area (Å²) in [5.74, 6) is 4.82. The van der Waals surface area contributed by atoms with Gasteiger partial charge in [0.2, 0.25) is 5.82 Å². The number of aliphatic hydroxyl groups is 1. The maximum atomic E-state index is 10.7. The molecule has 0 aromatic carbocycles. The van der Waals surface area contributed by atoms with E-state index < -0.39 is 4.92 Å². The molecule has 0 aliphatic rings. The minimum atomic E-state index is -0.595. The van der Waals surface area contributed by atoms with Crippen LogP contribution in [-0.2, 0) is 0 Å². The van der Waals surface area contributed by atoms with E-state index in [0.29, 0.717) is 11.1 Å². The lowest BCUT2D eigenvalue weighted by atomic mass is 10.1. The first kappa shape index (κ1) is 10.9. The zero-order valence-corrected chi connectivity index (χ0v) is 8.02. The highest BCUT2D eigenvalue weighted by molar-refractivity contribution is 5.62. The molecular weight excluding hydrogens is 198 g/mol. The lowest BCUT2D eigenvalue weighted by molar-refractivity contribution is -0.384. The van der Waals surface area contributed by atoms with Gasteiger partial charge in [0.15, 0.2) is 0 Å². The van der Waals surface area contributed by atoms with Gasteiger partial charge in [-0.3, -0.25) is 10.1 Å². The molecule has 0 saturated heterocycles. The van der Waals surface area contributed by atoms with Gasteiger partial charge in [-0.05, 0) is 6.92 Å². The zero-order chi connectivity index (χ0) is 11.4. The fourth-order valence-corrected chi connectivity index (χ4v) is 1.10. The molecule has 0 radical (unpaired) electrons. The van der Waals surface area contributed by atoms with Gasteiger partial charge < -0.3 is 10.8 Å². The summed E-state index contributed by atoms with van der Waals surface area (Å²) in [6, 6.07) is 0. The van der Waals surface area contributed by atoms with Crippen LogP contribution in [0.3, 0.4) is 0 Å². The smallest absolute Gasteiger partial charge is 0.315 e. The molecular formula is C9H9N3O3. The van der Waals surface area contributed by atoms with E-state index >= 15 is 0 Å². The minimum Gasteiger partial charge on any atom is -0.384 e. The molecule has 0 unspecified atom stereocenters. The van der Waals surface area contributed by atoms with E-state index in [1.807, 2.05) is 0 Å². The first-order valence-corrected chi connectivity index (χ1v) is 4.07. The van der Waals surface area contributed by atoms with Crippen LogP contribution >= 0.6 is 0 Å². The topological polar surface area (TPSA) is 102 Å². The average molecular weight is 207 g/mol. The van der Waals surface area contributed by atoms with E-state index in [4.69, 9.17) is 10.8 Å². The second-order valence-corrected chi connectivity index (χ2v) is 2.75. The molecule has 78 valence electrons. The number of rotatable bonds is 1. The van der Waals surface area contributed by atoms with Gasteiger partial charge in [0.25, 0.3) is 0 Å². The predicted octanol–water partition coefficient (Wildman–Crippen LogP) is 0.224. The Hall–Kier alpha value is -2.13. The van der Waals surface area contributed by atoms with Crippen LogP contribution in [0.2, 0.25) is 0 Å². The molecule has 0 saturated carbocycles. The van der Waals surface area contributed by atoms with Gasteiger partial charge in [-0.15, -0.1) is 0 Å². The second kappa shape index (κ2) is 4.39. The molecule has 0 aliphatic carbocycles. The number of hydrogen-bond acceptors (Lipinski definition) is 5. The highest BCUT2D eigenvalue weighted by Crippen LogP contribution is 2.25. The van der Waals surface area contributed by atoms with Gasteiger partial charge in [0.1, 0.15) is 6.61 Å². The van der Waals surface area contributed by atoms with Crippen LogP contribution < -0.4 is 5.73 Å². The highest BCUT2D eigenvalue weighted by Gasteiger charge is 2.18. The van der Waals surface area contributed by atoms with Crippen molar-refractivity contribution < 1.29 is 10.0 Å². The Balaban J connectivity index is 3.35. The van der Waals surface area contributed by atoms with Crippen LogP contribution in [0.4, 0.5) is 11.5 Å².